The number of anilines is 1. The van der Waals surface area contributed by atoms with Gasteiger partial charge in [-0.3, -0.25) is 4.79 Å². The van der Waals surface area contributed by atoms with Crippen molar-refractivity contribution in [3.8, 4) is 11.3 Å². The van der Waals surface area contributed by atoms with Crippen molar-refractivity contribution in [1.29, 1.82) is 0 Å². The Bertz CT molecular complexity index is 1130. The van der Waals surface area contributed by atoms with E-state index in [1.54, 1.807) is 0 Å². The normalized spacial score (nSPS) is 11.0. The number of aromatic nitrogens is 2. The molecule has 1 amide bonds. The maximum absolute atomic E-state index is 12.5. The second-order valence-corrected chi connectivity index (χ2v) is 7.38. The average Bonchev–Trinajstić information content (AvgIpc) is 3.19. The fourth-order valence-corrected chi connectivity index (χ4v) is 3.42. The third-order valence-corrected chi connectivity index (χ3v) is 5.15. The van der Waals surface area contributed by atoms with Crippen molar-refractivity contribution in [2.75, 3.05) is 5.32 Å². The summed E-state index contributed by atoms with van der Waals surface area (Å²) in [5, 5.41) is 2.97. The topological polar surface area (TPSA) is 46.4 Å². The van der Waals surface area contributed by atoms with Gasteiger partial charge in [-0.2, -0.15) is 0 Å². The Morgan fingerprint density at radius 2 is 1.79 bits per heavy atom. The first kappa shape index (κ1) is 18.9. The zero-order valence-electron chi connectivity index (χ0n) is 16.9. The molecule has 29 heavy (non-hydrogen) atoms. The lowest BCUT2D eigenvalue weighted by Gasteiger charge is -2.07. The third kappa shape index (κ3) is 4.21. The SMILES string of the molecule is CCCCc1ccc(C(=O)Nc2ccc(-c3cn4cccc(C)c4n3)cc2)cc1. The van der Waals surface area contributed by atoms with Gasteiger partial charge in [0, 0.05) is 29.2 Å². The zero-order chi connectivity index (χ0) is 20.2. The number of carbonyl (C=O) groups excluding carboxylic acids is 1. The lowest BCUT2D eigenvalue weighted by Crippen LogP contribution is -2.11. The number of imidazole rings is 1. The number of fused-ring (bicyclic) bond motifs is 1. The number of amides is 1. The number of hydrogen-bond donors (Lipinski definition) is 1. The van der Waals surface area contributed by atoms with Crippen molar-refractivity contribution in [2.24, 2.45) is 0 Å². The number of aryl methyl sites for hydroxylation is 2. The molecule has 2 aromatic heterocycles. The zero-order valence-corrected chi connectivity index (χ0v) is 16.9. The van der Waals surface area contributed by atoms with Gasteiger partial charge >= 0.3 is 0 Å². The highest BCUT2D eigenvalue weighted by Crippen LogP contribution is 2.22. The predicted octanol–water partition coefficient (Wildman–Crippen LogP) is 5.90. The van der Waals surface area contributed by atoms with E-state index in [1.165, 1.54) is 18.4 Å². The summed E-state index contributed by atoms with van der Waals surface area (Å²) in [5.74, 6) is -0.0943. The molecule has 4 aromatic rings. The molecule has 0 spiro atoms. The highest BCUT2D eigenvalue weighted by atomic mass is 16.1. The van der Waals surface area contributed by atoms with Gasteiger partial charge in [0.15, 0.2) is 0 Å². The van der Waals surface area contributed by atoms with Crippen molar-refractivity contribution in [3.63, 3.8) is 0 Å². The van der Waals surface area contributed by atoms with Gasteiger partial charge in [-0.05, 0) is 61.2 Å². The Morgan fingerprint density at radius 3 is 2.48 bits per heavy atom. The Labute approximate surface area is 171 Å². The molecule has 0 bridgehead atoms. The molecule has 0 saturated carbocycles. The molecular formula is C25H25N3O. The number of nitrogens with zero attached hydrogens (tertiary/aromatic N) is 2. The number of benzene rings is 2. The summed E-state index contributed by atoms with van der Waals surface area (Å²) >= 11 is 0. The second-order valence-electron chi connectivity index (χ2n) is 7.38. The molecule has 4 nitrogen and oxygen atoms in total. The summed E-state index contributed by atoms with van der Waals surface area (Å²) < 4.78 is 2.03. The number of pyridine rings is 1. The van der Waals surface area contributed by atoms with Crippen LogP contribution in [0.3, 0.4) is 0 Å². The molecule has 2 aromatic carbocycles. The van der Waals surface area contributed by atoms with Crippen LogP contribution in [0.5, 0.6) is 0 Å². The van der Waals surface area contributed by atoms with E-state index >= 15 is 0 Å². The van der Waals surface area contributed by atoms with E-state index in [0.717, 1.165) is 34.6 Å². The van der Waals surface area contributed by atoms with Crippen molar-refractivity contribution >= 4 is 17.2 Å². The lowest BCUT2D eigenvalue weighted by molar-refractivity contribution is 0.102. The quantitative estimate of drug-likeness (QED) is 0.450. The Balaban J connectivity index is 1.46. The first-order valence-corrected chi connectivity index (χ1v) is 10.1. The number of unbranched alkanes of at least 4 members (excludes halogenated alkanes) is 1. The fourth-order valence-electron chi connectivity index (χ4n) is 3.42. The largest absolute Gasteiger partial charge is 0.322 e. The Kier molecular flexibility index (Phi) is 5.43. The molecule has 0 unspecified atom stereocenters. The molecule has 2 heterocycles. The molecule has 0 aliphatic rings. The fraction of sp³-hybridized carbons (Fsp3) is 0.200. The van der Waals surface area contributed by atoms with Gasteiger partial charge < -0.3 is 9.72 Å². The van der Waals surface area contributed by atoms with E-state index in [2.05, 4.69) is 25.2 Å². The van der Waals surface area contributed by atoms with E-state index in [-0.39, 0.29) is 5.91 Å². The van der Waals surface area contributed by atoms with Crippen molar-refractivity contribution in [2.45, 2.75) is 33.1 Å². The molecule has 0 saturated heterocycles. The highest BCUT2D eigenvalue weighted by Gasteiger charge is 2.08. The van der Waals surface area contributed by atoms with Gasteiger partial charge in [0.1, 0.15) is 5.65 Å². The number of carbonyl (C=O) groups is 1. The van der Waals surface area contributed by atoms with E-state index in [1.807, 2.05) is 71.4 Å². The van der Waals surface area contributed by atoms with Crippen LogP contribution in [0, 0.1) is 6.92 Å². The number of rotatable bonds is 6. The number of hydrogen-bond acceptors (Lipinski definition) is 2. The predicted molar refractivity (Wildman–Crippen MR) is 118 cm³/mol. The standard InChI is InChI=1S/C25H25N3O/c1-3-4-7-19-8-10-21(11-9-19)25(29)26-22-14-12-20(13-15-22)23-17-28-16-5-6-18(2)24(28)27-23/h5-6,8-17H,3-4,7H2,1-2H3,(H,26,29). The monoisotopic (exact) mass is 383 g/mol. The molecule has 4 rings (SSSR count). The summed E-state index contributed by atoms with van der Waals surface area (Å²) in [5.41, 5.74) is 6.76. The maximum atomic E-state index is 12.5. The summed E-state index contributed by atoms with van der Waals surface area (Å²) in [6.45, 7) is 4.24. The molecule has 0 aliphatic heterocycles. The maximum Gasteiger partial charge on any atom is 0.255 e. The molecule has 0 atom stereocenters. The minimum atomic E-state index is -0.0943. The summed E-state index contributed by atoms with van der Waals surface area (Å²) in [4.78, 5) is 17.2. The van der Waals surface area contributed by atoms with Crippen LogP contribution < -0.4 is 5.32 Å². The van der Waals surface area contributed by atoms with Crippen LogP contribution in [0.1, 0.15) is 41.3 Å². The van der Waals surface area contributed by atoms with Gasteiger partial charge in [0.05, 0.1) is 5.69 Å². The van der Waals surface area contributed by atoms with Crippen LogP contribution in [0.4, 0.5) is 5.69 Å². The van der Waals surface area contributed by atoms with Crippen LogP contribution in [0.2, 0.25) is 0 Å². The molecule has 0 radical (unpaired) electrons. The van der Waals surface area contributed by atoms with Crippen LogP contribution in [-0.4, -0.2) is 15.3 Å². The minimum absolute atomic E-state index is 0.0943. The summed E-state index contributed by atoms with van der Waals surface area (Å²) in [6.07, 6.45) is 7.43. The first-order valence-electron chi connectivity index (χ1n) is 10.1. The number of nitrogens with one attached hydrogen (secondary N) is 1. The second kappa shape index (κ2) is 8.31. The van der Waals surface area contributed by atoms with Gasteiger partial charge in [0.2, 0.25) is 0 Å². The van der Waals surface area contributed by atoms with E-state index in [4.69, 9.17) is 4.98 Å². The minimum Gasteiger partial charge on any atom is -0.322 e. The van der Waals surface area contributed by atoms with Crippen molar-refractivity contribution in [1.82, 2.24) is 9.38 Å². The van der Waals surface area contributed by atoms with Gasteiger partial charge in [0.25, 0.3) is 5.91 Å². The van der Waals surface area contributed by atoms with Crippen LogP contribution in [0.15, 0.2) is 73.1 Å². The Morgan fingerprint density at radius 1 is 1.03 bits per heavy atom. The Hall–Kier alpha value is -3.40. The third-order valence-electron chi connectivity index (χ3n) is 5.15. The molecule has 0 aliphatic carbocycles. The summed E-state index contributed by atoms with van der Waals surface area (Å²) in [7, 11) is 0. The smallest absolute Gasteiger partial charge is 0.255 e. The van der Waals surface area contributed by atoms with Crippen LogP contribution in [0.25, 0.3) is 16.9 Å². The first-order chi connectivity index (χ1) is 14.1. The molecular weight excluding hydrogens is 358 g/mol. The average molecular weight is 383 g/mol. The van der Waals surface area contributed by atoms with Crippen molar-refractivity contribution in [3.05, 3.63) is 89.7 Å². The lowest BCUT2D eigenvalue weighted by atomic mass is 10.1. The molecule has 4 heteroatoms. The summed E-state index contributed by atoms with van der Waals surface area (Å²) in [6, 6.07) is 19.8. The molecule has 146 valence electrons. The van der Waals surface area contributed by atoms with Gasteiger partial charge in [-0.1, -0.05) is 43.7 Å². The highest BCUT2D eigenvalue weighted by molar-refractivity contribution is 6.04. The van der Waals surface area contributed by atoms with Crippen molar-refractivity contribution < 1.29 is 4.79 Å². The van der Waals surface area contributed by atoms with Crippen LogP contribution >= 0.6 is 0 Å². The van der Waals surface area contributed by atoms with E-state index in [0.29, 0.717) is 5.56 Å². The molecule has 0 fully saturated rings. The van der Waals surface area contributed by atoms with Crippen LogP contribution in [-0.2, 0) is 6.42 Å². The van der Waals surface area contributed by atoms with E-state index < -0.39 is 0 Å². The van der Waals surface area contributed by atoms with E-state index in [9.17, 15) is 4.79 Å². The van der Waals surface area contributed by atoms with Gasteiger partial charge in [-0.25, -0.2) is 4.98 Å². The van der Waals surface area contributed by atoms with Gasteiger partial charge in [-0.15, -0.1) is 0 Å². The molecule has 1 N–H and O–H groups in total.